The highest BCUT2D eigenvalue weighted by molar-refractivity contribution is 7.09. The van der Waals surface area contributed by atoms with Gasteiger partial charge in [0.05, 0.1) is 5.51 Å². The van der Waals surface area contributed by atoms with Crippen LogP contribution in [0.4, 0.5) is 0 Å². The molecule has 0 aliphatic rings. The van der Waals surface area contributed by atoms with Crippen molar-refractivity contribution < 1.29 is 0 Å². The SMILES string of the molecule is CNC(C)Cc1cncs1. The largest absolute Gasteiger partial charge is 0.317 e. The summed E-state index contributed by atoms with van der Waals surface area (Å²) in [4.78, 5) is 5.35. The fourth-order valence-electron chi connectivity index (χ4n) is 0.747. The van der Waals surface area contributed by atoms with Crippen molar-refractivity contribution in [1.29, 1.82) is 0 Å². The maximum Gasteiger partial charge on any atom is 0.0794 e. The van der Waals surface area contributed by atoms with Crippen LogP contribution in [-0.4, -0.2) is 18.1 Å². The fourth-order valence-corrected chi connectivity index (χ4v) is 1.47. The molecule has 1 aromatic heterocycles. The van der Waals surface area contributed by atoms with Gasteiger partial charge in [-0.15, -0.1) is 11.3 Å². The van der Waals surface area contributed by atoms with Crippen molar-refractivity contribution in [3.63, 3.8) is 0 Å². The lowest BCUT2D eigenvalue weighted by Gasteiger charge is -2.06. The van der Waals surface area contributed by atoms with Crippen LogP contribution in [0.5, 0.6) is 0 Å². The number of nitrogens with one attached hydrogen (secondary N) is 1. The Hall–Kier alpha value is -0.410. The molecule has 1 rings (SSSR count). The molecular formula is C7H12N2S. The van der Waals surface area contributed by atoms with E-state index >= 15 is 0 Å². The van der Waals surface area contributed by atoms with E-state index in [1.54, 1.807) is 11.3 Å². The molecule has 0 aromatic carbocycles. The van der Waals surface area contributed by atoms with Crippen LogP contribution in [0.3, 0.4) is 0 Å². The van der Waals surface area contributed by atoms with Crippen LogP contribution in [0, 0.1) is 0 Å². The number of rotatable bonds is 3. The highest BCUT2D eigenvalue weighted by Crippen LogP contribution is 2.07. The molecule has 0 spiro atoms. The Kier molecular flexibility index (Phi) is 2.83. The maximum atomic E-state index is 4.00. The third kappa shape index (κ3) is 2.08. The summed E-state index contributed by atoms with van der Waals surface area (Å²) in [5.41, 5.74) is 1.87. The summed E-state index contributed by atoms with van der Waals surface area (Å²) in [5.74, 6) is 0. The van der Waals surface area contributed by atoms with Gasteiger partial charge in [-0.3, -0.25) is 4.98 Å². The predicted molar refractivity (Wildman–Crippen MR) is 44.3 cm³/mol. The topological polar surface area (TPSA) is 24.9 Å². The molecule has 10 heavy (non-hydrogen) atoms. The van der Waals surface area contributed by atoms with Crippen LogP contribution in [0.1, 0.15) is 11.8 Å². The first kappa shape index (κ1) is 7.69. The molecule has 0 bridgehead atoms. The number of aromatic nitrogens is 1. The molecule has 1 aromatic rings. The third-order valence-corrected chi connectivity index (χ3v) is 2.29. The van der Waals surface area contributed by atoms with Gasteiger partial charge in [0.1, 0.15) is 0 Å². The predicted octanol–water partition coefficient (Wildman–Crippen LogP) is 1.29. The van der Waals surface area contributed by atoms with Gasteiger partial charge in [-0.1, -0.05) is 0 Å². The molecule has 2 nitrogen and oxygen atoms in total. The summed E-state index contributed by atoms with van der Waals surface area (Å²) in [6.07, 6.45) is 3.01. The fraction of sp³-hybridized carbons (Fsp3) is 0.571. The molecule has 1 heterocycles. The molecular weight excluding hydrogens is 144 g/mol. The molecule has 0 aliphatic carbocycles. The van der Waals surface area contributed by atoms with E-state index in [1.807, 2.05) is 18.8 Å². The second-order valence-electron chi connectivity index (χ2n) is 2.36. The molecule has 0 radical (unpaired) electrons. The third-order valence-electron chi connectivity index (χ3n) is 1.48. The van der Waals surface area contributed by atoms with Crippen LogP contribution >= 0.6 is 11.3 Å². The van der Waals surface area contributed by atoms with Gasteiger partial charge in [0.15, 0.2) is 0 Å². The summed E-state index contributed by atoms with van der Waals surface area (Å²) in [6, 6.07) is 0.556. The van der Waals surface area contributed by atoms with Gasteiger partial charge in [-0.2, -0.15) is 0 Å². The van der Waals surface area contributed by atoms with E-state index in [4.69, 9.17) is 0 Å². The van der Waals surface area contributed by atoms with E-state index in [1.165, 1.54) is 4.88 Å². The van der Waals surface area contributed by atoms with Gasteiger partial charge < -0.3 is 5.32 Å². The van der Waals surface area contributed by atoms with Gasteiger partial charge in [0.25, 0.3) is 0 Å². The lowest BCUT2D eigenvalue weighted by Crippen LogP contribution is -2.22. The quantitative estimate of drug-likeness (QED) is 0.713. The van der Waals surface area contributed by atoms with Crippen LogP contribution in [0.25, 0.3) is 0 Å². The summed E-state index contributed by atoms with van der Waals surface area (Å²) >= 11 is 1.72. The Bertz CT molecular complexity index is 172. The molecule has 0 saturated heterocycles. The van der Waals surface area contributed by atoms with Crippen molar-refractivity contribution in [2.75, 3.05) is 7.05 Å². The first-order chi connectivity index (χ1) is 4.83. The molecule has 1 N–H and O–H groups in total. The molecule has 1 unspecified atom stereocenters. The van der Waals surface area contributed by atoms with Gasteiger partial charge >= 0.3 is 0 Å². The van der Waals surface area contributed by atoms with E-state index in [2.05, 4.69) is 17.2 Å². The van der Waals surface area contributed by atoms with E-state index < -0.39 is 0 Å². The number of thiazole rings is 1. The summed E-state index contributed by atoms with van der Waals surface area (Å²) in [6.45, 7) is 2.17. The molecule has 0 aliphatic heterocycles. The zero-order chi connectivity index (χ0) is 7.40. The molecule has 0 amide bonds. The van der Waals surface area contributed by atoms with Crippen LogP contribution < -0.4 is 5.32 Å². The number of nitrogens with zero attached hydrogens (tertiary/aromatic N) is 1. The average Bonchev–Trinajstić information content (AvgIpc) is 2.40. The average molecular weight is 156 g/mol. The Morgan fingerprint density at radius 2 is 2.60 bits per heavy atom. The number of hydrogen-bond acceptors (Lipinski definition) is 3. The summed E-state index contributed by atoms with van der Waals surface area (Å²) in [7, 11) is 1.98. The second-order valence-corrected chi connectivity index (χ2v) is 3.33. The minimum Gasteiger partial charge on any atom is -0.317 e. The molecule has 3 heteroatoms. The van der Waals surface area contributed by atoms with Crippen molar-refractivity contribution in [2.45, 2.75) is 19.4 Å². The number of hydrogen-bond donors (Lipinski definition) is 1. The Morgan fingerprint density at radius 3 is 3.10 bits per heavy atom. The van der Waals surface area contributed by atoms with Gasteiger partial charge in [0.2, 0.25) is 0 Å². The van der Waals surface area contributed by atoms with Gasteiger partial charge in [0, 0.05) is 17.1 Å². The summed E-state index contributed by atoms with van der Waals surface area (Å²) in [5, 5.41) is 3.18. The first-order valence-corrected chi connectivity index (χ1v) is 4.25. The van der Waals surface area contributed by atoms with E-state index in [0.29, 0.717) is 6.04 Å². The lowest BCUT2D eigenvalue weighted by molar-refractivity contribution is 0.612. The van der Waals surface area contributed by atoms with Crippen molar-refractivity contribution in [3.05, 3.63) is 16.6 Å². The van der Waals surface area contributed by atoms with E-state index in [9.17, 15) is 0 Å². The van der Waals surface area contributed by atoms with Crippen molar-refractivity contribution in [3.8, 4) is 0 Å². The van der Waals surface area contributed by atoms with Crippen LogP contribution in [0.15, 0.2) is 11.7 Å². The molecule has 1 atom stereocenters. The second kappa shape index (κ2) is 3.68. The van der Waals surface area contributed by atoms with Crippen molar-refractivity contribution in [1.82, 2.24) is 10.3 Å². The zero-order valence-electron chi connectivity index (χ0n) is 6.29. The monoisotopic (exact) mass is 156 g/mol. The molecule has 0 fully saturated rings. The van der Waals surface area contributed by atoms with Crippen molar-refractivity contribution in [2.24, 2.45) is 0 Å². The minimum absolute atomic E-state index is 0.556. The van der Waals surface area contributed by atoms with Gasteiger partial charge in [-0.25, -0.2) is 0 Å². The van der Waals surface area contributed by atoms with E-state index in [0.717, 1.165) is 6.42 Å². The lowest BCUT2D eigenvalue weighted by atomic mass is 10.2. The maximum absolute atomic E-state index is 4.00. The Labute approximate surface area is 65.3 Å². The van der Waals surface area contributed by atoms with E-state index in [-0.39, 0.29) is 0 Å². The zero-order valence-corrected chi connectivity index (χ0v) is 7.11. The Morgan fingerprint density at radius 1 is 1.80 bits per heavy atom. The smallest absolute Gasteiger partial charge is 0.0794 e. The first-order valence-electron chi connectivity index (χ1n) is 3.37. The number of likely N-dealkylation sites (N-methyl/N-ethyl adjacent to an activating group) is 1. The normalized spacial score (nSPS) is 13.4. The Balaban J connectivity index is 2.40. The van der Waals surface area contributed by atoms with Crippen LogP contribution in [-0.2, 0) is 6.42 Å². The van der Waals surface area contributed by atoms with Crippen molar-refractivity contribution >= 4 is 11.3 Å². The standard InChI is InChI=1S/C7H12N2S/c1-6(8-2)3-7-4-9-5-10-7/h4-6,8H,3H2,1-2H3. The minimum atomic E-state index is 0.556. The molecule has 0 saturated carbocycles. The van der Waals surface area contributed by atoms with Gasteiger partial charge in [-0.05, 0) is 20.4 Å². The highest BCUT2D eigenvalue weighted by atomic mass is 32.1. The highest BCUT2D eigenvalue weighted by Gasteiger charge is 2.00. The van der Waals surface area contributed by atoms with Crippen LogP contribution in [0.2, 0.25) is 0 Å². The summed E-state index contributed by atoms with van der Waals surface area (Å²) < 4.78 is 0. The molecule has 56 valence electrons.